The molecule has 2 rings (SSSR count). The van der Waals surface area contributed by atoms with Gasteiger partial charge in [0.15, 0.2) is 0 Å². The summed E-state index contributed by atoms with van der Waals surface area (Å²) in [6.45, 7) is 0.618. The Balaban J connectivity index is 2.30. The Labute approximate surface area is 82.9 Å². The van der Waals surface area contributed by atoms with E-state index in [0.717, 1.165) is 12.8 Å². The largest absolute Gasteiger partial charge is 0.481 e. The van der Waals surface area contributed by atoms with Crippen LogP contribution >= 0.6 is 0 Å². The predicted molar refractivity (Wildman–Crippen MR) is 48.9 cm³/mol. The van der Waals surface area contributed by atoms with E-state index >= 15 is 0 Å². The SMILES string of the molecule is O=C(O)C1(C2(O)CCCC2)CCOC1. The van der Waals surface area contributed by atoms with Crippen LogP contribution in [0.3, 0.4) is 0 Å². The second-order valence-electron chi connectivity index (χ2n) is 4.43. The fourth-order valence-electron chi connectivity index (χ4n) is 2.74. The summed E-state index contributed by atoms with van der Waals surface area (Å²) < 4.78 is 5.16. The van der Waals surface area contributed by atoms with E-state index in [1.165, 1.54) is 0 Å². The molecule has 4 heteroatoms. The van der Waals surface area contributed by atoms with Gasteiger partial charge >= 0.3 is 5.97 Å². The average molecular weight is 200 g/mol. The zero-order valence-corrected chi connectivity index (χ0v) is 8.16. The van der Waals surface area contributed by atoms with Crippen LogP contribution in [0, 0.1) is 5.41 Å². The van der Waals surface area contributed by atoms with Crippen LogP contribution < -0.4 is 0 Å². The molecular formula is C10H16O4. The van der Waals surface area contributed by atoms with Crippen molar-refractivity contribution in [2.75, 3.05) is 13.2 Å². The number of carboxylic acids is 1. The number of aliphatic carboxylic acids is 1. The first-order valence-electron chi connectivity index (χ1n) is 5.14. The highest BCUT2D eigenvalue weighted by molar-refractivity contribution is 5.77. The lowest BCUT2D eigenvalue weighted by molar-refractivity contribution is -0.169. The Bertz CT molecular complexity index is 237. The lowest BCUT2D eigenvalue weighted by atomic mass is 9.70. The standard InChI is InChI=1S/C10H16O4/c11-8(12)9(5-6-14-7-9)10(13)3-1-2-4-10/h13H,1-7H2,(H,11,12). The molecule has 80 valence electrons. The molecule has 1 saturated heterocycles. The first kappa shape index (κ1) is 9.93. The highest BCUT2D eigenvalue weighted by atomic mass is 16.5. The van der Waals surface area contributed by atoms with Gasteiger partial charge in [-0.15, -0.1) is 0 Å². The van der Waals surface area contributed by atoms with E-state index in [-0.39, 0.29) is 6.61 Å². The van der Waals surface area contributed by atoms with Crippen LogP contribution in [0.4, 0.5) is 0 Å². The second-order valence-corrected chi connectivity index (χ2v) is 4.43. The van der Waals surface area contributed by atoms with Crippen LogP contribution in [0.25, 0.3) is 0 Å². The van der Waals surface area contributed by atoms with Gasteiger partial charge in [0.05, 0.1) is 12.2 Å². The minimum Gasteiger partial charge on any atom is -0.481 e. The molecule has 0 aromatic rings. The van der Waals surface area contributed by atoms with Crippen molar-refractivity contribution in [2.24, 2.45) is 5.41 Å². The first-order chi connectivity index (χ1) is 6.61. The summed E-state index contributed by atoms with van der Waals surface area (Å²) in [6.07, 6.45) is 3.49. The van der Waals surface area contributed by atoms with E-state index in [2.05, 4.69) is 0 Å². The number of carboxylic acid groups (broad SMARTS) is 1. The minimum absolute atomic E-state index is 0.166. The zero-order chi connectivity index (χ0) is 10.2. The Kier molecular flexibility index (Phi) is 2.27. The molecule has 0 radical (unpaired) electrons. The zero-order valence-electron chi connectivity index (χ0n) is 8.16. The predicted octanol–water partition coefficient (Wildman–Crippen LogP) is 0.783. The number of ether oxygens (including phenoxy) is 1. The normalized spacial score (nSPS) is 36.1. The van der Waals surface area contributed by atoms with Gasteiger partial charge in [0.2, 0.25) is 0 Å². The topological polar surface area (TPSA) is 66.8 Å². The number of hydrogen-bond acceptors (Lipinski definition) is 3. The molecule has 2 N–H and O–H groups in total. The third kappa shape index (κ3) is 1.17. The second kappa shape index (κ2) is 3.21. The molecular weight excluding hydrogens is 184 g/mol. The van der Waals surface area contributed by atoms with Crippen LogP contribution in [0.15, 0.2) is 0 Å². The van der Waals surface area contributed by atoms with Gasteiger partial charge in [-0.2, -0.15) is 0 Å². The molecule has 2 fully saturated rings. The molecule has 0 aromatic carbocycles. The van der Waals surface area contributed by atoms with Crippen LogP contribution in [0.1, 0.15) is 32.1 Å². The van der Waals surface area contributed by atoms with E-state index in [1.54, 1.807) is 0 Å². The first-order valence-corrected chi connectivity index (χ1v) is 5.14. The van der Waals surface area contributed by atoms with Gasteiger partial charge in [-0.3, -0.25) is 4.79 Å². The fraction of sp³-hybridized carbons (Fsp3) is 0.900. The molecule has 1 unspecified atom stereocenters. The van der Waals surface area contributed by atoms with Crippen molar-refractivity contribution in [1.29, 1.82) is 0 Å². The number of aliphatic hydroxyl groups is 1. The third-order valence-electron chi connectivity index (χ3n) is 3.75. The molecule has 14 heavy (non-hydrogen) atoms. The molecule has 2 aliphatic rings. The van der Waals surface area contributed by atoms with Crippen LogP contribution in [-0.2, 0) is 9.53 Å². The summed E-state index contributed by atoms with van der Waals surface area (Å²) in [5, 5.41) is 19.6. The van der Waals surface area contributed by atoms with Gasteiger partial charge in [0.25, 0.3) is 0 Å². The number of carbonyl (C=O) groups is 1. The summed E-state index contributed by atoms with van der Waals surface area (Å²) in [6, 6.07) is 0. The quantitative estimate of drug-likeness (QED) is 0.691. The Morgan fingerprint density at radius 2 is 1.86 bits per heavy atom. The summed E-state index contributed by atoms with van der Waals surface area (Å²) in [5.74, 6) is -0.903. The molecule has 1 atom stereocenters. The lowest BCUT2D eigenvalue weighted by Gasteiger charge is -2.37. The van der Waals surface area contributed by atoms with Gasteiger partial charge in [0.1, 0.15) is 5.41 Å². The molecule has 4 nitrogen and oxygen atoms in total. The van der Waals surface area contributed by atoms with Crippen molar-refractivity contribution < 1.29 is 19.7 Å². The average Bonchev–Trinajstić information content (AvgIpc) is 2.72. The maximum atomic E-state index is 11.3. The third-order valence-corrected chi connectivity index (χ3v) is 3.75. The Morgan fingerprint density at radius 1 is 1.21 bits per heavy atom. The molecule has 0 amide bonds. The molecule has 0 spiro atoms. The van der Waals surface area contributed by atoms with Crippen LogP contribution in [-0.4, -0.2) is 35.0 Å². The van der Waals surface area contributed by atoms with E-state index in [1.807, 2.05) is 0 Å². The maximum absolute atomic E-state index is 11.3. The molecule has 1 aliphatic heterocycles. The van der Waals surface area contributed by atoms with Crippen molar-refractivity contribution in [3.05, 3.63) is 0 Å². The van der Waals surface area contributed by atoms with Gasteiger partial charge in [-0.1, -0.05) is 12.8 Å². The van der Waals surface area contributed by atoms with E-state index in [9.17, 15) is 15.0 Å². The van der Waals surface area contributed by atoms with Gasteiger partial charge < -0.3 is 14.9 Å². The number of hydrogen-bond donors (Lipinski definition) is 2. The van der Waals surface area contributed by atoms with Gasteiger partial charge in [-0.25, -0.2) is 0 Å². The molecule has 1 heterocycles. The highest BCUT2D eigenvalue weighted by Crippen LogP contribution is 2.48. The van der Waals surface area contributed by atoms with Gasteiger partial charge in [0, 0.05) is 6.61 Å². The van der Waals surface area contributed by atoms with E-state index in [4.69, 9.17) is 4.74 Å². The lowest BCUT2D eigenvalue weighted by Crippen LogP contribution is -2.52. The monoisotopic (exact) mass is 200 g/mol. The minimum atomic E-state index is -1.04. The highest BCUT2D eigenvalue weighted by Gasteiger charge is 2.58. The van der Waals surface area contributed by atoms with Crippen LogP contribution in [0.5, 0.6) is 0 Å². The summed E-state index contributed by atoms with van der Waals surface area (Å²) in [4.78, 5) is 11.3. The Morgan fingerprint density at radius 3 is 2.29 bits per heavy atom. The van der Waals surface area contributed by atoms with Crippen molar-refractivity contribution in [3.8, 4) is 0 Å². The summed E-state index contributed by atoms with van der Waals surface area (Å²) >= 11 is 0. The molecule has 1 aliphatic carbocycles. The smallest absolute Gasteiger partial charge is 0.315 e. The van der Waals surface area contributed by atoms with Crippen molar-refractivity contribution >= 4 is 5.97 Å². The fourth-order valence-corrected chi connectivity index (χ4v) is 2.74. The van der Waals surface area contributed by atoms with Crippen LogP contribution in [0.2, 0.25) is 0 Å². The van der Waals surface area contributed by atoms with Crippen molar-refractivity contribution in [1.82, 2.24) is 0 Å². The maximum Gasteiger partial charge on any atom is 0.315 e. The molecule has 0 bridgehead atoms. The molecule has 0 aromatic heterocycles. The van der Waals surface area contributed by atoms with Gasteiger partial charge in [-0.05, 0) is 19.3 Å². The van der Waals surface area contributed by atoms with E-state index in [0.29, 0.717) is 25.9 Å². The molecule has 1 saturated carbocycles. The number of rotatable bonds is 2. The van der Waals surface area contributed by atoms with E-state index < -0.39 is 17.0 Å². The summed E-state index contributed by atoms with van der Waals surface area (Å²) in [5.41, 5.74) is -2.07. The summed E-state index contributed by atoms with van der Waals surface area (Å²) in [7, 11) is 0. The van der Waals surface area contributed by atoms with Crippen molar-refractivity contribution in [3.63, 3.8) is 0 Å². The Hall–Kier alpha value is -0.610. The van der Waals surface area contributed by atoms with Crippen molar-refractivity contribution in [2.45, 2.75) is 37.7 Å².